The average Bonchev–Trinajstić information content (AvgIpc) is 2.50. The molecule has 0 heterocycles. The largest absolute Gasteiger partial charge is 0.497 e. The van der Waals surface area contributed by atoms with E-state index >= 15 is 0 Å². The average molecular weight is 342 g/mol. The first-order valence-corrected chi connectivity index (χ1v) is 9.54. The van der Waals surface area contributed by atoms with Crippen LogP contribution in [0.5, 0.6) is 5.75 Å². The van der Waals surface area contributed by atoms with Crippen molar-refractivity contribution in [3.8, 4) is 5.75 Å². The molecule has 0 saturated carbocycles. The fourth-order valence-electron chi connectivity index (χ4n) is 2.07. The van der Waals surface area contributed by atoms with Crippen LogP contribution in [0.2, 0.25) is 0 Å². The van der Waals surface area contributed by atoms with Crippen molar-refractivity contribution in [3.63, 3.8) is 0 Å². The van der Waals surface area contributed by atoms with Crippen molar-refractivity contribution in [2.45, 2.75) is 39.2 Å². The number of rotatable bonds is 9. The van der Waals surface area contributed by atoms with Gasteiger partial charge in [0.25, 0.3) is 0 Å². The molecule has 7 heteroatoms. The van der Waals surface area contributed by atoms with Crippen molar-refractivity contribution in [3.05, 3.63) is 24.3 Å². The third-order valence-electron chi connectivity index (χ3n) is 3.55. The van der Waals surface area contributed by atoms with Gasteiger partial charge in [0.2, 0.25) is 15.9 Å². The molecule has 0 unspecified atom stereocenters. The van der Waals surface area contributed by atoms with Crippen LogP contribution in [0.15, 0.2) is 24.3 Å². The van der Waals surface area contributed by atoms with E-state index in [0.29, 0.717) is 24.3 Å². The van der Waals surface area contributed by atoms with E-state index in [1.54, 1.807) is 31.4 Å². The van der Waals surface area contributed by atoms with E-state index in [2.05, 4.69) is 5.32 Å². The maximum Gasteiger partial charge on any atom is 0.232 e. The monoisotopic (exact) mass is 342 g/mol. The Kier molecular flexibility index (Phi) is 7.35. The van der Waals surface area contributed by atoms with Crippen LogP contribution in [0.4, 0.5) is 5.69 Å². The molecule has 1 amide bonds. The van der Waals surface area contributed by atoms with Gasteiger partial charge in [0.15, 0.2) is 0 Å². The molecule has 0 aliphatic carbocycles. The molecule has 1 rings (SSSR count). The molecule has 130 valence electrons. The zero-order chi connectivity index (χ0) is 17.5. The lowest BCUT2D eigenvalue weighted by atomic mass is 10.2. The lowest BCUT2D eigenvalue weighted by molar-refractivity contribution is -0.121. The first kappa shape index (κ1) is 19.3. The highest BCUT2D eigenvalue weighted by Gasteiger charge is 2.17. The number of carbonyl (C=O) groups excluding carboxylic acids is 1. The quantitative estimate of drug-likeness (QED) is 0.746. The number of carbonyl (C=O) groups is 1. The van der Waals surface area contributed by atoms with Crippen molar-refractivity contribution < 1.29 is 17.9 Å². The molecule has 0 aromatic heterocycles. The van der Waals surface area contributed by atoms with Gasteiger partial charge >= 0.3 is 0 Å². The molecule has 1 atom stereocenters. The molecule has 1 N–H and O–H groups in total. The first-order valence-electron chi connectivity index (χ1n) is 7.69. The summed E-state index contributed by atoms with van der Waals surface area (Å²) in [6, 6.07) is 6.94. The number of benzene rings is 1. The van der Waals surface area contributed by atoms with Crippen LogP contribution in [0.1, 0.15) is 33.1 Å². The highest BCUT2D eigenvalue weighted by atomic mass is 32.2. The van der Waals surface area contributed by atoms with Crippen molar-refractivity contribution in [2.75, 3.05) is 24.2 Å². The Hall–Kier alpha value is -1.76. The fraction of sp³-hybridized carbons (Fsp3) is 0.562. The van der Waals surface area contributed by atoms with Crippen LogP contribution in [0.25, 0.3) is 0 Å². The van der Waals surface area contributed by atoms with Gasteiger partial charge in [-0.1, -0.05) is 6.92 Å². The molecular formula is C16H26N2O4S. The lowest BCUT2D eigenvalue weighted by Gasteiger charge is -2.22. The summed E-state index contributed by atoms with van der Waals surface area (Å²) >= 11 is 0. The van der Waals surface area contributed by atoms with Gasteiger partial charge in [-0.05, 0) is 44.0 Å². The van der Waals surface area contributed by atoms with Gasteiger partial charge in [0.1, 0.15) is 5.75 Å². The molecule has 0 spiro atoms. The topological polar surface area (TPSA) is 75.7 Å². The second-order valence-corrected chi connectivity index (χ2v) is 7.42. The molecule has 0 radical (unpaired) electrons. The Morgan fingerprint density at radius 1 is 1.30 bits per heavy atom. The Labute approximate surface area is 138 Å². The highest BCUT2D eigenvalue weighted by Crippen LogP contribution is 2.21. The molecule has 0 bridgehead atoms. The number of amides is 1. The predicted molar refractivity (Wildman–Crippen MR) is 92.3 cm³/mol. The second-order valence-electron chi connectivity index (χ2n) is 5.51. The van der Waals surface area contributed by atoms with Crippen LogP contribution in [0, 0.1) is 0 Å². The van der Waals surface area contributed by atoms with E-state index in [-0.39, 0.29) is 18.5 Å². The summed E-state index contributed by atoms with van der Waals surface area (Å²) in [4.78, 5) is 11.8. The van der Waals surface area contributed by atoms with Gasteiger partial charge in [-0.15, -0.1) is 0 Å². The van der Waals surface area contributed by atoms with Crippen molar-refractivity contribution in [2.24, 2.45) is 0 Å². The molecule has 0 saturated heterocycles. The minimum absolute atomic E-state index is 0.0532. The van der Waals surface area contributed by atoms with Crippen molar-refractivity contribution >= 4 is 21.6 Å². The van der Waals surface area contributed by atoms with E-state index in [1.807, 2.05) is 13.8 Å². The van der Waals surface area contributed by atoms with E-state index in [9.17, 15) is 13.2 Å². The third-order valence-corrected chi connectivity index (χ3v) is 4.74. The van der Waals surface area contributed by atoms with E-state index in [0.717, 1.165) is 12.7 Å². The highest BCUT2D eigenvalue weighted by molar-refractivity contribution is 7.92. The fourth-order valence-corrected chi connectivity index (χ4v) is 3.03. The predicted octanol–water partition coefficient (Wildman–Crippen LogP) is 2.16. The lowest BCUT2D eigenvalue weighted by Crippen LogP contribution is -2.34. The Balaban J connectivity index is 2.68. The van der Waals surface area contributed by atoms with Crippen LogP contribution >= 0.6 is 0 Å². The summed E-state index contributed by atoms with van der Waals surface area (Å²) in [5.74, 6) is 0.609. The second kappa shape index (κ2) is 8.76. The summed E-state index contributed by atoms with van der Waals surface area (Å²) in [6.07, 6.45) is 2.79. The maximum atomic E-state index is 12.0. The van der Waals surface area contributed by atoms with Gasteiger partial charge in [-0.25, -0.2) is 8.42 Å². The first-order chi connectivity index (χ1) is 10.8. The summed E-state index contributed by atoms with van der Waals surface area (Å²) in [5, 5.41) is 2.87. The van der Waals surface area contributed by atoms with Crippen LogP contribution < -0.4 is 14.4 Å². The zero-order valence-corrected chi connectivity index (χ0v) is 15.0. The van der Waals surface area contributed by atoms with Gasteiger partial charge < -0.3 is 10.1 Å². The number of sulfonamides is 1. The van der Waals surface area contributed by atoms with Crippen LogP contribution in [0.3, 0.4) is 0 Å². The minimum atomic E-state index is -3.40. The van der Waals surface area contributed by atoms with Crippen molar-refractivity contribution in [1.82, 2.24) is 5.32 Å². The number of nitrogens with zero attached hydrogens (tertiary/aromatic N) is 1. The van der Waals surface area contributed by atoms with Crippen molar-refractivity contribution in [1.29, 1.82) is 0 Å². The Morgan fingerprint density at radius 3 is 2.39 bits per heavy atom. The molecule has 23 heavy (non-hydrogen) atoms. The van der Waals surface area contributed by atoms with Crippen LogP contribution in [-0.4, -0.2) is 40.3 Å². The molecule has 0 aliphatic heterocycles. The van der Waals surface area contributed by atoms with Gasteiger partial charge in [-0.3, -0.25) is 9.10 Å². The molecule has 6 nitrogen and oxygen atoms in total. The van der Waals surface area contributed by atoms with Gasteiger partial charge in [0.05, 0.1) is 19.1 Å². The van der Waals surface area contributed by atoms with E-state index in [1.165, 1.54) is 4.31 Å². The Morgan fingerprint density at radius 2 is 1.91 bits per heavy atom. The number of ether oxygens (including phenoxy) is 1. The normalized spacial score (nSPS) is 12.5. The number of anilines is 1. The molecule has 1 aromatic rings. The Bertz CT molecular complexity index is 599. The molecule has 0 fully saturated rings. The SMILES string of the molecule is CC[C@H](C)NC(=O)CCCN(c1ccc(OC)cc1)S(C)(=O)=O. The summed E-state index contributed by atoms with van der Waals surface area (Å²) in [6.45, 7) is 4.21. The van der Waals surface area contributed by atoms with E-state index in [4.69, 9.17) is 4.74 Å². The molecule has 1 aromatic carbocycles. The number of hydrogen-bond donors (Lipinski definition) is 1. The smallest absolute Gasteiger partial charge is 0.232 e. The summed E-state index contributed by atoms with van der Waals surface area (Å²) in [5.41, 5.74) is 0.565. The maximum absolute atomic E-state index is 12.0. The summed E-state index contributed by atoms with van der Waals surface area (Å²) in [7, 11) is -1.85. The third kappa shape index (κ3) is 6.48. The minimum Gasteiger partial charge on any atom is -0.497 e. The molecular weight excluding hydrogens is 316 g/mol. The number of methoxy groups -OCH3 is 1. The molecule has 0 aliphatic rings. The summed E-state index contributed by atoms with van der Waals surface area (Å²) < 4.78 is 30.3. The van der Waals surface area contributed by atoms with E-state index < -0.39 is 10.0 Å². The number of hydrogen-bond acceptors (Lipinski definition) is 4. The van der Waals surface area contributed by atoms with Crippen LogP contribution in [-0.2, 0) is 14.8 Å². The zero-order valence-electron chi connectivity index (χ0n) is 14.2. The van der Waals surface area contributed by atoms with Gasteiger partial charge in [0, 0.05) is 19.0 Å². The van der Waals surface area contributed by atoms with Gasteiger partial charge in [-0.2, -0.15) is 0 Å². The number of nitrogens with one attached hydrogen (secondary N) is 1. The standard InChI is InChI=1S/C16H26N2O4S/c1-5-13(2)17-16(19)7-6-12-18(23(4,20)21)14-8-10-15(22-3)11-9-14/h8-11,13H,5-7,12H2,1-4H3,(H,17,19)/t13-/m0/s1.